The number of halogens is 1. The van der Waals surface area contributed by atoms with E-state index in [9.17, 15) is 9.59 Å². The van der Waals surface area contributed by atoms with Crippen LogP contribution < -0.4 is 20.6 Å². The Hall–Kier alpha value is -3.03. The molecule has 0 atom stereocenters. The third-order valence-corrected chi connectivity index (χ3v) is 6.41. The number of hydrogen-bond donors (Lipinski definition) is 1. The summed E-state index contributed by atoms with van der Waals surface area (Å²) in [6.07, 6.45) is 0.439. The van der Waals surface area contributed by atoms with Gasteiger partial charge in [0.2, 0.25) is 5.91 Å². The van der Waals surface area contributed by atoms with Gasteiger partial charge >= 0.3 is 5.63 Å². The van der Waals surface area contributed by atoms with Crippen LogP contribution >= 0.6 is 11.6 Å². The van der Waals surface area contributed by atoms with Gasteiger partial charge in [-0.2, -0.15) is 0 Å². The summed E-state index contributed by atoms with van der Waals surface area (Å²) >= 11 is 6.21. The number of ether oxygens (including phenoxy) is 1. The number of fused-ring (bicyclic) bond motifs is 1. The van der Waals surface area contributed by atoms with Crippen LogP contribution in [0.3, 0.4) is 0 Å². The van der Waals surface area contributed by atoms with Gasteiger partial charge in [0, 0.05) is 54.6 Å². The molecule has 33 heavy (non-hydrogen) atoms. The lowest BCUT2D eigenvalue weighted by Gasteiger charge is -2.35. The summed E-state index contributed by atoms with van der Waals surface area (Å²) in [6, 6.07) is 10.9. The fraction of sp³-hybridized carbons (Fsp3) is 0.360. The number of aryl methyl sites for hydroxylation is 1. The number of carbonyl (C=O) groups excluding carboxylic acids is 1. The lowest BCUT2D eigenvalue weighted by atomic mass is 10.0. The van der Waals surface area contributed by atoms with Crippen LogP contribution in [0.15, 0.2) is 45.6 Å². The Bertz CT molecular complexity index is 1230. The van der Waals surface area contributed by atoms with Crippen LogP contribution in [0.25, 0.3) is 11.0 Å². The van der Waals surface area contributed by atoms with Crippen molar-refractivity contribution in [3.63, 3.8) is 0 Å². The van der Waals surface area contributed by atoms with E-state index in [4.69, 9.17) is 20.8 Å². The quantitative estimate of drug-likeness (QED) is 0.548. The second-order valence-corrected chi connectivity index (χ2v) is 8.79. The van der Waals surface area contributed by atoms with E-state index in [0.717, 1.165) is 42.8 Å². The molecule has 1 aliphatic heterocycles. The SMILES string of the molecule is COc1ccc2c(C)c(CCC(=O)Nc3cc(Cl)ccc3N3CCN(C)CC3)c(=O)oc2c1. The van der Waals surface area contributed by atoms with Crippen molar-refractivity contribution in [3.8, 4) is 5.75 Å². The zero-order valence-corrected chi connectivity index (χ0v) is 19.9. The molecule has 2 heterocycles. The van der Waals surface area contributed by atoms with Gasteiger partial charge in [0.05, 0.1) is 18.5 Å². The first-order chi connectivity index (χ1) is 15.9. The molecule has 4 rings (SSSR count). The minimum absolute atomic E-state index is 0.155. The summed E-state index contributed by atoms with van der Waals surface area (Å²) < 4.78 is 10.7. The molecule has 8 heteroatoms. The minimum Gasteiger partial charge on any atom is -0.497 e. The molecule has 0 bridgehead atoms. The molecule has 0 spiro atoms. The van der Waals surface area contributed by atoms with Gasteiger partial charge in [-0.25, -0.2) is 4.79 Å². The van der Waals surface area contributed by atoms with E-state index in [-0.39, 0.29) is 18.7 Å². The molecule has 7 nitrogen and oxygen atoms in total. The van der Waals surface area contributed by atoms with Crippen LogP contribution in [0.1, 0.15) is 17.5 Å². The fourth-order valence-electron chi connectivity index (χ4n) is 4.17. The largest absolute Gasteiger partial charge is 0.497 e. The van der Waals surface area contributed by atoms with Gasteiger partial charge in [0.1, 0.15) is 11.3 Å². The zero-order chi connectivity index (χ0) is 23.5. The molecule has 3 aromatic rings. The summed E-state index contributed by atoms with van der Waals surface area (Å²) in [7, 11) is 3.66. The second-order valence-electron chi connectivity index (χ2n) is 8.36. The highest BCUT2D eigenvalue weighted by Crippen LogP contribution is 2.30. The molecule has 1 aliphatic rings. The van der Waals surface area contributed by atoms with Gasteiger partial charge in [0.25, 0.3) is 0 Å². The van der Waals surface area contributed by atoms with E-state index in [0.29, 0.717) is 27.6 Å². The van der Waals surface area contributed by atoms with Gasteiger partial charge in [-0.15, -0.1) is 0 Å². The standard InChI is InChI=1S/C25H28ClN3O4/c1-16-19-6-5-18(32-3)15-23(19)33-25(31)20(16)7-9-24(30)27-21-14-17(26)4-8-22(21)29-12-10-28(2)11-13-29/h4-6,8,14-15H,7,9-13H2,1-3H3,(H,27,30). The first kappa shape index (κ1) is 23.1. The fourth-order valence-corrected chi connectivity index (χ4v) is 4.35. The van der Waals surface area contributed by atoms with Crippen molar-refractivity contribution in [1.82, 2.24) is 4.90 Å². The Kier molecular flexibility index (Phi) is 6.91. The van der Waals surface area contributed by atoms with Gasteiger partial charge in [0.15, 0.2) is 0 Å². The lowest BCUT2D eigenvalue weighted by Crippen LogP contribution is -2.44. The van der Waals surface area contributed by atoms with Crippen LogP contribution in [-0.4, -0.2) is 51.1 Å². The molecule has 0 saturated carbocycles. The third kappa shape index (κ3) is 5.15. The number of anilines is 2. The Morgan fingerprint density at radius 3 is 2.64 bits per heavy atom. The zero-order valence-electron chi connectivity index (χ0n) is 19.1. The maximum atomic E-state index is 12.8. The Morgan fingerprint density at radius 1 is 1.15 bits per heavy atom. The number of amides is 1. The van der Waals surface area contributed by atoms with Gasteiger partial charge in [-0.3, -0.25) is 4.79 Å². The van der Waals surface area contributed by atoms with Crippen LogP contribution in [0.5, 0.6) is 5.75 Å². The van der Waals surface area contributed by atoms with Crippen molar-refractivity contribution in [2.75, 3.05) is 50.6 Å². The molecule has 0 radical (unpaired) electrons. The van der Waals surface area contributed by atoms with E-state index in [1.807, 2.05) is 31.2 Å². The number of nitrogens with zero attached hydrogens (tertiary/aromatic N) is 2. The molecular formula is C25H28ClN3O4. The Balaban J connectivity index is 1.50. The average molecular weight is 470 g/mol. The highest BCUT2D eigenvalue weighted by molar-refractivity contribution is 6.31. The van der Waals surface area contributed by atoms with Crippen LogP contribution in [0.4, 0.5) is 11.4 Å². The predicted octanol–water partition coefficient (Wildman–Crippen LogP) is 4.09. The van der Waals surface area contributed by atoms with E-state index in [2.05, 4.69) is 22.2 Å². The number of methoxy groups -OCH3 is 1. The molecule has 1 N–H and O–H groups in total. The summed E-state index contributed by atoms with van der Waals surface area (Å²) in [5.74, 6) is 0.441. The van der Waals surface area contributed by atoms with Gasteiger partial charge in [-0.05, 0) is 56.3 Å². The molecule has 174 valence electrons. The van der Waals surface area contributed by atoms with Gasteiger partial charge in [-0.1, -0.05) is 11.6 Å². The van der Waals surface area contributed by atoms with E-state index < -0.39 is 5.63 Å². The lowest BCUT2D eigenvalue weighted by molar-refractivity contribution is -0.116. The third-order valence-electron chi connectivity index (χ3n) is 6.17. The minimum atomic E-state index is -0.429. The maximum Gasteiger partial charge on any atom is 0.339 e. The number of nitrogens with one attached hydrogen (secondary N) is 1. The first-order valence-electron chi connectivity index (χ1n) is 11.0. The van der Waals surface area contributed by atoms with Crippen molar-refractivity contribution in [3.05, 3.63) is 63.0 Å². The predicted molar refractivity (Wildman–Crippen MR) is 132 cm³/mol. The molecule has 2 aromatic carbocycles. The Labute approximate surface area is 197 Å². The number of rotatable bonds is 6. The van der Waals surface area contributed by atoms with E-state index in [1.54, 1.807) is 19.2 Å². The Morgan fingerprint density at radius 2 is 1.91 bits per heavy atom. The molecule has 1 saturated heterocycles. The molecule has 1 aromatic heterocycles. The van der Waals surface area contributed by atoms with Crippen LogP contribution in [0, 0.1) is 6.92 Å². The summed E-state index contributed by atoms with van der Waals surface area (Å²) in [4.78, 5) is 29.9. The first-order valence-corrected chi connectivity index (χ1v) is 11.4. The summed E-state index contributed by atoms with van der Waals surface area (Å²) in [6.45, 7) is 5.55. The number of piperazine rings is 1. The van der Waals surface area contributed by atoms with Crippen molar-refractivity contribution >= 4 is 39.9 Å². The van der Waals surface area contributed by atoms with Crippen molar-refractivity contribution < 1.29 is 13.9 Å². The van der Waals surface area contributed by atoms with Crippen molar-refractivity contribution in [2.45, 2.75) is 19.8 Å². The number of hydrogen-bond acceptors (Lipinski definition) is 6. The van der Waals surface area contributed by atoms with Crippen LogP contribution in [-0.2, 0) is 11.2 Å². The van der Waals surface area contributed by atoms with Gasteiger partial charge < -0.3 is 24.3 Å². The molecular weight excluding hydrogens is 442 g/mol. The monoisotopic (exact) mass is 469 g/mol. The maximum absolute atomic E-state index is 12.8. The molecule has 0 unspecified atom stereocenters. The normalized spacial score (nSPS) is 14.5. The average Bonchev–Trinajstić information content (AvgIpc) is 2.79. The molecule has 1 amide bonds. The smallest absolute Gasteiger partial charge is 0.339 e. The highest BCUT2D eigenvalue weighted by atomic mass is 35.5. The van der Waals surface area contributed by atoms with E-state index >= 15 is 0 Å². The molecule has 0 aliphatic carbocycles. The van der Waals surface area contributed by atoms with E-state index in [1.165, 1.54) is 0 Å². The second kappa shape index (κ2) is 9.85. The molecule has 1 fully saturated rings. The number of carbonyl (C=O) groups is 1. The van der Waals surface area contributed by atoms with Crippen LogP contribution in [0.2, 0.25) is 5.02 Å². The summed E-state index contributed by atoms with van der Waals surface area (Å²) in [5, 5.41) is 4.38. The van der Waals surface area contributed by atoms with Crippen molar-refractivity contribution in [1.29, 1.82) is 0 Å². The summed E-state index contributed by atoms with van der Waals surface area (Å²) in [5.41, 5.74) is 3.01. The number of benzene rings is 2. The highest BCUT2D eigenvalue weighted by Gasteiger charge is 2.19. The topological polar surface area (TPSA) is 75.0 Å². The van der Waals surface area contributed by atoms with Crippen molar-refractivity contribution in [2.24, 2.45) is 0 Å². The number of likely N-dealkylation sites (N-methyl/N-ethyl adjacent to an activating group) is 1.